The molecule has 34 heavy (non-hydrogen) atoms. The maximum absolute atomic E-state index is 6.39. The van der Waals surface area contributed by atoms with E-state index in [9.17, 15) is 0 Å². The summed E-state index contributed by atoms with van der Waals surface area (Å²) in [4.78, 5) is 3.04. The fourth-order valence-corrected chi connectivity index (χ4v) is 9.11. The standard InChI is InChI=1S/C30H28O2S2/c1-3-7-17(8-4-1)27-15-25-29(33-27)21-11-19-14-24-22(12-20(19)13-23(21)31-25)30-26(32-24)16-28(34-30)18-9-5-2-6-10-18/h11-18H,1-10H2. The zero-order valence-electron chi connectivity index (χ0n) is 19.3. The molecule has 0 radical (unpaired) electrons. The molecule has 2 aliphatic rings. The molecule has 2 nitrogen and oxygen atoms in total. The van der Waals surface area contributed by atoms with Crippen LogP contribution in [0.15, 0.2) is 45.2 Å². The SMILES string of the molecule is c1c2cc3c(cc2cc2c1oc1cc(C4CCCCC4)sc12)oc1cc(C2CCCCC2)sc13. The third-order valence-corrected chi connectivity index (χ3v) is 11.0. The molecule has 0 spiro atoms. The van der Waals surface area contributed by atoms with Crippen molar-refractivity contribution >= 4 is 76.0 Å². The molecule has 0 atom stereocenters. The Bertz CT molecular complexity index is 1550. The second-order valence-corrected chi connectivity index (χ2v) is 12.8. The lowest BCUT2D eigenvalue weighted by Gasteiger charge is -2.19. The number of thiophene rings is 2. The first-order valence-corrected chi connectivity index (χ1v) is 14.7. The molecule has 2 fully saturated rings. The second-order valence-electron chi connectivity index (χ2n) is 10.6. The van der Waals surface area contributed by atoms with Gasteiger partial charge in [-0.3, -0.25) is 0 Å². The molecule has 2 saturated carbocycles. The topological polar surface area (TPSA) is 26.3 Å². The van der Waals surface area contributed by atoms with Crippen LogP contribution >= 0.6 is 22.7 Å². The number of rotatable bonds is 2. The molecule has 0 amide bonds. The zero-order valence-corrected chi connectivity index (χ0v) is 21.0. The number of furan rings is 2. The molecular formula is C30H28O2S2. The van der Waals surface area contributed by atoms with E-state index in [0.717, 1.165) is 34.2 Å². The van der Waals surface area contributed by atoms with Gasteiger partial charge in [-0.2, -0.15) is 0 Å². The van der Waals surface area contributed by atoms with Crippen molar-refractivity contribution in [2.24, 2.45) is 0 Å². The first-order valence-electron chi connectivity index (χ1n) is 13.1. The monoisotopic (exact) mass is 484 g/mol. The molecule has 4 aromatic heterocycles. The highest BCUT2D eigenvalue weighted by molar-refractivity contribution is 7.20. The maximum Gasteiger partial charge on any atom is 0.146 e. The van der Waals surface area contributed by atoms with E-state index in [1.807, 2.05) is 22.7 Å². The zero-order chi connectivity index (χ0) is 22.2. The largest absolute Gasteiger partial charge is 0.455 e. The van der Waals surface area contributed by atoms with Crippen molar-refractivity contribution in [3.8, 4) is 0 Å². The third-order valence-electron chi connectivity index (χ3n) is 8.42. The molecule has 4 heteroatoms. The Hall–Kier alpha value is -2.30. The number of hydrogen-bond donors (Lipinski definition) is 0. The number of benzene rings is 2. The van der Waals surface area contributed by atoms with Crippen LogP contribution in [0, 0.1) is 0 Å². The molecule has 2 aliphatic carbocycles. The average Bonchev–Trinajstić information content (AvgIpc) is 3.62. The van der Waals surface area contributed by atoms with Crippen LogP contribution in [0.1, 0.15) is 85.8 Å². The van der Waals surface area contributed by atoms with E-state index in [2.05, 4.69) is 36.4 Å². The lowest BCUT2D eigenvalue weighted by molar-refractivity contribution is 0.448. The minimum absolute atomic E-state index is 0.728. The Balaban J connectivity index is 1.24. The lowest BCUT2D eigenvalue weighted by atomic mass is 9.88. The smallest absolute Gasteiger partial charge is 0.146 e. The number of fused-ring (bicyclic) bond motifs is 7. The molecule has 0 aliphatic heterocycles. The summed E-state index contributed by atoms with van der Waals surface area (Å²) in [5.41, 5.74) is 4.16. The Kier molecular flexibility index (Phi) is 4.46. The van der Waals surface area contributed by atoms with Crippen LogP contribution in [0.4, 0.5) is 0 Å². The molecule has 0 saturated heterocycles. The van der Waals surface area contributed by atoms with E-state index < -0.39 is 0 Å². The van der Waals surface area contributed by atoms with E-state index in [0.29, 0.717) is 0 Å². The normalized spacial score (nSPS) is 18.9. The molecule has 172 valence electrons. The van der Waals surface area contributed by atoms with E-state index in [1.54, 1.807) is 0 Å². The molecular weight excluding hydrogens is 456 g/mol. The summed E-state index contributed by atoms with van der Waals surface area (Å²) in [5, 5.41) is 4.98. The van der Waals surface area contributed by atoms with Gasteiger partial charge in [-0.25, -0.2) is 0 Å². The minimum Gasteiger partial charge on any atom is -0.455 e. The highest BCUT2D eigenvalue weighted by Gasteiger charge is 2.22. The van der Waals surface area contributed by atoms with Crippen LogP contribution in [-0.4, -0.2) is 0 Å². The van der Waals surface area contributed by atoms with Crippen LogP contribution in [0.25, 0.3) is 53.3 Å². The first-order chi connectivity index (χ1) is 16.8. The van der Waals surface area contributed by atoms with Crippen LogP contribution in [0.5, 0.6) is 0 Å². The molecule has 0 N–H and O–H groups in total. The van der Waals surface area contributed by atoms with Crippen LogP contribution in [0.3, 0.4) is 0 Å². The molecule has 0 unspecified atom stereocenters. The van der Waals surface area contributed by atoms with Gasteiger partial charge in [-0.15, -0.1) is 22.7 Å². The summed E-state index contributed by atoms with van der Waals surface area (Å²) < 4.78 is 15.4. The lowest BCUT2D eigenvalue weighted by Crippen LogP contribution is -2.02. The van der Waals surface area contributed by atoms with Gasteiger partial charge >= 0.3 is 0 Å². The van der Waals surface area contributed by atoms with Gasteiger partial charge in [0.05, 0.1) is 9.40 Å². The van der Waals surface area contributed by atoms with Crippen LogP contribution < -0.4 is 0 Å². The van der Waals surface area contributed by atoms with Gasteiger partial charge in [0.25, 0.3) is 0 Å². The predicted octanol–water partition coefficient (Wildman–Crippen LogP) is 10.9. The second kappa shape index (κ2) is 7.60. The van der Waals surface area contributed by atoms with Crippen molar-refractivity contribution in [3.63, 3.8) is 0 Å². The van der Waals surface area contributed by atoms with Gasteiger partial charge in [-0.1, -0.05) is 38.5 Å². The summed E-state index contributed by atoms with van der Waals surface area (Å²) in [7, 11) is 0. The predicted molar refractivity (Wildman–Crippen MR) is 146 cm³/mol. The Morgan fingerprint density at radius 2 is 0.941 bits per heavy atom. The van der Waals surface area contributed by atoms with Crippen LogP contribution in [0.2, 0.25) is 0 Å². The van der Waals surface area contributed by atoms with E-state index >= 15 is 0 Å². The molecule has 2 aromatic carbocycles. The average molecular weight is 485 g/mol. The quantitative estimate of drug-likeness (QED) is 0.244. The number of hydrogen-bond acceptors (Lipinski definition) is 4. The summed E-state index contributed by atoms with van der Waals surface area (Å²) in [6, 6.07) is 13.8. The molecule has 6 aromatic rings. The van der Waals surface area contributed by atoms with Gasteiger partial charge in [0.2, 0.25) is 0 Å². The fourth-order valence-electron chi connectivity index (χ4n) is 6.56. The summed E-state index contributed by atoms with van der Waals surface area (Å²) in [5.74, 6) is 1.46. The van der Waals surface area contributed by atoms with Crippen molar-refractivity contribution < 1.29 is 8.83 Å². The Labute approximate surface area is 206 Å². The highest BCUT2D eigenvalue weighted by Crippen LogP contribution is 2.46. The minimum atomic E-state index is 0.728. The van der Waals surface area contributed by atoms with Gasteiger partial charge < -0.3 is 8.83 Å². The van der Waals surface area contributed by atoms with Crippen molar-refractivity contribution in [3.05, 3.63) is 46.2 Å². The van der Waals surface area contributed by atoms with Crippen LogP contribution in [-0.2, 0) is 0 Å². The van der Waals surface area contributed by atoms with E-state index in [1.165, 1.54) is 105 Å². The molecule has 8 rings (SSSR count). The van der Waals surface area contributed by atoms with Crippen molar-refractivity contribution in [2.75, 3.05) is 0 Å². The van der Waals surface area contributed by atoms with Gasteiger partial charge in [0, 0.05) is 20.5 Å². The summed E-state index contributed by atoms with van der Waals surface area (Å²) in [6.45, 7) is 0. The first kappa shape index (κ1) is 19.9. The summed E-state index contributed by atoms with van der Waals surface area (Å²) >= 11 is 3.91. The van der Waals surface area contributed by atoms with Gasteiger partial charge in [0.15, 0.2) is 0 Å². The fraction of sp³-hybridized carbons (Fsp3) is 0.400. The third kappa shape index (κ3) is 3.04. The van der Waals surface area contributed by atoms with Gasteiger partial charge in [-0.05, 0) is 84.7 Å². The Morgan fingerprint density at radius 1 is 0.500 bits per heavy atom. The maximum atomic E-state index is 6.39. The van der Waals surface area contributed by atoms with E-state index in [4.69, 9.17) is 8.83 Å². The summed E-state index contributed by atoms with van der Waals surface area (Å²) in [6.07, 6.45) is 13.6. The van der Waals surface area contributed by atoms with Crippen molar-refractivity contribution in [1.29, 1.82) is 0 Å². The Morgan fingerprint density at radius 3 is 1.38 bits per heavy atom. The molecule has 0 bridgehead atoms. The van der Waals surface area contributed by atoms with Crippen molar-refractivity contribution in [1.82, 2.24) is 0 Å². The molecule has 4 heterocycles. The van der Waals surface area contributed by atoms with Gasteiger partial charge in [0.1, 0.15) is 22.3 Å². The van der Waals surface area contributed by atoms with Crippen molar-refractivity contribution in [2.45, 2.75) is 76.0 Å². The highest BCUT2D eigenvalue weighted by atomic mass is 32.1. The van der Waals surface area contributed by atoms with E-state index in [-0.39, 0.29) is 0 Å².